The van der Waals surface area contributed by atoms with Crippen molar-refractivity contribution in [3.05, 3.63) is 11.4 Å². The molecule has 4 heteroatoms. The maximum absolute atomic E-state index is 8.93. The van der Waals surface area contributed by atoms with Crippen LogP contribution in [-0.4, -0.2) is 15.0 Å². The summed E-state index contributed by atoms with van der Waals surface area (Å²) in [6.45, 7) is 5.23. The van der Waals surface area contributed by atoms with Crippen LogP contribution in [0.4, 0.5) is 0 Å². The molecule has 0 atom stereocenters. The summed E-state index contributed by atoms with van der Waals surface area (Å²) < 4.78 is 1.91. The highest BCUT2D eigenvalue weighted by Crippen LogP contribution is 2.10. The molecule has 0 aliphatic rings. The van der Waals surface area contributed by atoms with Gasteiger partial charge < -0.3 is 0 Å². The Hall–Kier alpha value is -1.37. The molecule has 1 heterocycles. The van der Waals surface area contributed by atoms with Gasteiger partial charge in [-0.25, -0.2) is 4.68 Å². The van der Waals surface area contributed by atoms with Gasteiger partial charge in [0, 0.05) is 6.54 Å². The fourth-order valence-corrected chi connectivity index (χ4v) is 1.95. The lowest BCUT2D eigenvalue weighted by Crippen LogP contribution is -2.06. The Bertz CT molecular complexity index is 362. The second kappa shape index (κ2) is 7.83. The number of nitriles is 1. The van der Waals surface area contributed by atoms with Crippen molar-refractivity contribution in [3.8, 4) is 6.07 Å². The minimum atomic E-state index is 0.500. The Balaban J connectivity index is 2.47. The molecule has 17 heavy (non-hydrogen) atoms. The Morgan fingerprint density at radius 2 is 1.88 bits per heavy atom. The Morgan fingerprint density at radius 3 is 2.53 bits per heavy atom. The molecule has 0 saturated carbocycles. The highest BCUT2D eigenvalue weighted by molar-refractivity contribution is 5.24. The van der Waals surface area contributed by atoms with Crippen LogP contribution in [-0.2, 0) is 13.0 Å². The lowest BCUT2D eigenvalue weighted by molar-refractivity contribution is 0.505. The van der Waals surface area contributed by atoms with Crippen LogP contribution >= 0.6 is 0 Å². The zero-order valence-electron chi connectivity index (χ0n) is 10.9. The molecule has 0 spiro atoms. The number of hydrogen-bond donors (Lipinski definition) is 0. The van der Waals surface area contributed by atoms with E-state index in [1.54, 1.807) is 0 Å². The molecule has 4 nitrogen and oxygen atoms in total. The maximum Gasteiger partial charge on any atom is 0.185 e. The lowest BCUT2D eigenvalue weighted by atomic mass is 10.1. The van der Waals surface area contributed by atoms with E-state index in [9.17, 15) is 0 Å². The number of unbranched alkanes of at least 4 members (excludes halogenated alkanes) is 4. The van der Waals surface area contributed by atoms with E-state index in [1.165, 1.54) is 25.7 Å². The summed E-state index contributed by atoms with van der Waals surface area (Å²) in [5.74, 6) is 0. The van der Waals surface area contributed by atoms with E-state index in [0.717, 1.165) is 31.5 Å². The van der Waals surface area contributed by atoms with Crippen molar-refractivity contribution in [1.82, 2.24) is 15.0 Å². The largest absolute Gasteiger partial charge is 0.248 e. The summed E-state index contributed by atoms with van der Waals surface area (Å²) in [6, 6.07) is 2.12. The molecule has 0 fully saturated rings. The van der Waals surface area contributed by atoms with Crippen LogP contribution in [0, 0.1) is 11.3 Å². The van der Waals surface area contributed by atoms with Gasteiger partial charge in [-0.05, 0) is 12.8 Å². The second-order valence-corrected chi connectivity index (χ2v) is 4.38. The van der Waals surface area contributed by atoms with Crippen molar-refractivity contribution in [2.24, 2.45) is 0 Å². The van der Waals surface area contributed by atoms with Crippen molar-refractivity contribution in [1.29, 1.82) is 5.26 Å². The van der Waals surface area contributed by atoms with Gasteiger partial charge in [0.1, 0.15) is 6.07 Å². The van der Waals surface area contributed by atoms with Crippen molar-refractivity contribution in [3.63, 3.8) is 0 Å². The van der Waals surface area contributed by atoms with Gasteiger partial charge in [-0.3, -0.25) is 0 Å². The molecular weight excluding hydrogens is 212 g/mol. The smallest absolute Gasteiger partial charge is 0.185 e. The molecular formula is C13H22N4. The van der Waals surface area contributed by atoms with Crippen LogP contribution < -0.4 is 0 Å². The van der Waals surface area contributed by atoms with Gasteiger partial charge in [0.15, 0.2) is 5.69 Å². The zero-order valence-corrected chi connectivity index (χ0v) is 10.9. The monoisotopic (exact) mass is 234 g/mol. The molecule has 0 unspecified atom stereocenters. The highest BCUT2D eigenvalue weighted by Gasteiger charge is 2.10. The summed E-state index contributed by atoms with van der Waals surface area (Å²) in [4.78, 5) is 0. The number of aromatic nitrogens is 3. The summed E-state index contributed by atoms with van der Waals surface area (Å²) >= 11 is 0. The van der Waals surface area contributed by atoms with E-state index in [2.05, 4.69) is 30.2 Å². The predicted molar refractivity (Wildman–Crippen MR) is 67.5 cm³/mol. The second-order valence-electron chi connectivity index (χ2n) is 4.38. The fraction of sp³-hybridized carbons (Fsp3) is 0.769. The minimum absolute atomic E-state index is 0.500. The third-order valence-corrected chi connectivity index (χ3v) is 2.90. The van der Waals surface area contributed by atoms with Gasteiger partial charge in [0.25, 0.3) is 0 Å². The average Bonchev–Trinajstić information content (AvgIpc) is 2.72. The normalized spacial score (nSPS) is 10.4. The van der Waals surface area contributed by atoms with E-state index in [-0.39, 0.29) is 0 Å². The van der Waals surface area contributed by atoms with E-state index in [4.69, 9.17) is 5.26 Å². The molecule has 1 aromatic heterocycles. The van der Waals surface area contributed by atoms with Gasteiger partial charge >= 0.3 is 0 Å². The van der Waals surface area contributed by atoms with Crippen molar-refractivity contribution >= 4 is 0 Å². The molecule has 0 aromatic carbocycles. The molecule has 1 rings (SSSR count). The quantitative estimate of drug-likeness (QED) is 0.649. The Labute approximate surface area is 104 Å². The van der Waals surface area contributed by atoms with Gasteiger partial charge in [-0.1, -0.05) is 51.2 Å². The first kappa shape index (κ1) is 13.7. The first-order chi connectivity index (χ1) is 8.33. The summed E-state index contributed by atoms with van der Waals surface area (Å²) in [7, 11) is 0. The number of nitrogens with zero attached hydrogens (tertiary/aromatic N) is 4. The topological polar surface area (TPSA) is 54.5 Å². The molecule has 0 aliphatic carbocycles. The molecule has 0 amide bonds. The fourth-order valence-electron chi connectivity index (χ4n) is 1.95. The van der Waals surface area contributed by atoms with Crippen LogP contribution in [0.1, 0.15) is 63.8 Å². The highest BCUT2D eigenvalue weighted by atomic mass is 15.4. The number of aryl methyl sites for hydroxylation is 1. The van der Waals surface area contributed by atoms with Gasteiger partial charge in [-0.15, -0.1) is 5.10 Å². The molecule has 0 bridgehead atoms. The third-order valence-electron chi connectivity index (χ3n) is 2.90. The van der Waals surface area contributed by atoms with Crippen LogP contribution in [0.15, 0.2) is 0 Å². The zero-order chi connectivity index (χ0) is 12.5. The molecule has 0 saturated heterocycles. The Morgan fingerprint density at radius 1 is 1.12 bits per heavy atom. The molecule has 0 aliphatic heterocycles. The summed E-state index contributed by atoms with van der Waals surface area (Å²) in [6.07, 6.45) is 8.15. The van der Waals surface area contributed by atoms with E-state index >= 15 is 0 Å². The summed E-state index contributed by atoms with van der Waals surface area (Å²) in [5, 5.41) is 16.9. The number of rotatable bonds is 8. The minimum Gasteiger partial charge on any atom is -0.248 e. The van der Waals surface area contributed by atoms with Gasteiger partial charge in [0.05, 0.1) is 5.69 Å². The van der Waals surface area contributed by atoms with E-state index in [1.807, 2.05) is 4.68 Å². The molecule has 0 N–H and O–H groups in total. The predicted octanol–water partition coefficient (Wildman–Crippen LogP) is 3.07. The summed E-state index contributed by atoms with van der Waals surface area (Å²) in [5.41, 5.74) is 1.51. The Kier molecular flexibility index (Phi) is 6.31. The first-order valence-electron chi connectivity index (χ1n) is 6.65. The maximum atomic E-state index is 8.93. The molecule has 1 aromatic rings. The van der Waals surface area contributed by atoms with Crippen molar-refractivity contribution in [2.45, 2.75) is 65.3 Å². The van der Waals surface area contributed by atoms with Crippen LogP contribution in [0.5, 0.6) is 0 Å². The molecule has 94 valence electrons. The average molecular weight is 234 g/mol. The molecule has 0 radical (unpaired) electrons. The third kappa shape index (κ3) is 4.18. The lowest BCUT2D eigenvalue weighted by Gasteiger charge is -2.05. The van der Waals surface area contributed by atoms with Crippen LogP contribution in [0.3, 0.4) is 0 Å². The SMILES string of the molecule is CCCCCCCn1nnc(C#N)c1CCC. The first-order valence-corrected chi connectivity index (χ1v) is 6.65. The number of hydrogen-bond acceptors (Lipinski definition) is 3. The van der Waals surface area contributed by atoms with E-state index < -0.39 is 0 Å². The van der Waals surface area contributed by atoms with Crippen LogP contribution in [0.25, 0.3) is 0 Å². The van der Waals surface area contributed by atoms with E-state index in [0.29, 0.717) is 5.69 Å². The van der Waals surface area contributed by atoms with Gasteiger partial charge in [0.2, 0.25) is 0 Å². The van der Waals surface area contributed by atoms with Gasteiger partial charge in [-0.2, -0.15) is 5.26 Å². The van der Waals surface area contributed by atoms with Crippen molar-refractivity contribution in [2.75, 3.05) is 0 Å². The van der Waals surface area contributed by atoms with Crippen LogP contribution in [0.2, 0.25) is 0 Å². The standard InChI is InChI=1S/C13H22N4/c1-3-5-6-7-8-10-17-13(9-4-2)12(11-14)15-16-17/h3-10H2,1-2H3. The van der Waals surface area contributed by atoms with Crippen molar-refractivity contribution < 1.29 is 0 Å².